The molecule has 0 aromatic heterocycles. The van der Waals surface area contributed by atoms with Crippen molar-refractivity contribution in [3.63, 3.8) is 0 Å². The second-order valence-electron chi connectivity index (χ2n) is 4.53. The zero-order valence-corrected chi connectivity index (χ0v) is 11.5. The predicted molar refractivity (Wildman–Crippen MR) is 78.9 cm³/mol. The Morgan fingerprint density at radius 1 is 1.10 bits per heavy atom. The van der Waals surface area contributed by atoms with Crippen LogP contribution in [0.1, 0.15) is 11.1 Å². The molecule has 0 saturated carbocycles. The van der Waals surface area contributed by atoms with E-state index in [1.54, 1.807) is 6.08 Å². The third-order valence-corrected chi connectivity index (χ3v) is 3.20. The van der Waals surface area contributed by atoms with Crippen LogP contribution in [0.5, 0.6) is 11.5 Å². The van der Waals surface area contributed by atoms with E-state index in [2.05, 4.69) is 0 Å². The van der Waals surface area contributed by atoms with Gasteiger partial charge in [0.15, 0.2) is 11.5 Å². The van der Waals surface area contributed by atoms with Crippen LogP contribution in [-0.2, 0) is 9.53 Å². The molecule has 0 radical (unpaired) electrons. The van der Waals surface area contributed by atoms with Crippen molar-refractivity contribution in [3.05, 3.63) is 59.7 Å². The van der Waals surface area contributed by atoms with Crippen molar-refractivity contribution in [2.24, 2.45) is 0 Å². The summed E-state index contributed by atoms with van der Waals surface area (Å²) in [5.74, 6) is 1.02. The van der Waals surface area contributed by atoms with Gasteiger partial charge in [-0.3, -0.25) is 0 Å². The molecule has 1 aliphatic heterocycles. The molecule has 2 aromatic carbocycles. The van der Waals surface area contributed by atoms with Gasteiger partial charge in [0.2, 0.25) is 6.79 Å². The number of carbonyl (C=O) groups is 1. The minimum absolute atomic E-state index is 0.227. The summed E-state index contributed by atoms with van der Waals surface area (Å²) in [4.78, 5) is 12.0. The van der Waals surface area contributed by atoms with Gasteiger partial charge >= 0.3 is 5.97 Å². The van der Waals surface area contributed by atoms with E-state index in [1.807, 2.05) is 48.5 Å². The average molecular weight is 282 g/mol. The monoisotopic (exact) mass is 282 g/mol. The Morgan fingerprint density at radius 2 is 1.86 bits per heavy atom. The first-order chi connectivity index (χ1) is 10.3. The summed E-state index contributed by atoms with van der Waals surface area (Å²) in [5, 5.41) is 0. The maximum atomic E-state index is 12.0. The van der Waals surface area contributed by atoms with Crippen LogP contribution in [0.15, 0.2) is 48.5 Å². The van der Waals surface area contributed by atoms with Gasteiger partial charge in [-0.15, -0.1) is 0 Å². The van der Waals surface area contributed by atoms with Crippen molar-refractivity contribution >= 4 is 17.6 Å². The Labute approximate surface area is 122 Å². The Bertz CT molecular complexity index is 689. The summed E-state index contributed by atoms with van der Waals surface area (Å²) < 4.78 is 15.5. The minimum atomic E-state index is -0.376. The molecule has 0 amide bonds. The number of hydrogen-bond acceptors (Lipinski definition) is 4. The molecule has 0 saturated heterocycles. The largest absolute Gasteiger partial charge is 0.465 e. The molecule has 106 valence electrons. The third kappa shape index (κ3) is 2.74. The van der Waals surface area contributed by atoms with Gasteiger partial charge < -0.3 is 14.2 Å². The Hall–Kier alpha value is -2.75. The standard InChI is InChI=1S/C17H14O4/c1-19-17(18)14(13-5-3-2-4-6-13)9-12-7-8-15-16(10-12)21-11-20-15/h2-10H,11H2,1H3/b14-9+. The van der Waals surface area contributed by atoms with Crippen LogP contribution in [0.2, 0.25) is 0 Å². The van der Waals surface area contributed by atoms with Gasteiger partial charge in [-0.25, -0.2) is 4.79 Å². The van der Waals surface area contributed by atoms with E-state index in [4.69, 9.17) is 14.2 Å². The number of esters is 1. The molecule has 0 fully saturated rings. The molecule has 0 aliphatic carbocycles. The van der Waals surface area contributed by atoms with Gasteiger partial charge in [0.25, 0.3) is 0 Å². The van der Waals surface area contributed by atoms with Gasteiger partial charge in [-0.1, -0.05) is 36.4 Å². The van der Waals surface area contributed by atoms with Crippen LogP contribution in [-0.4, -0.2) is 19.9 Å². The number of benzene rings is 2. The molecular weight excluding hydrogens is 268 g/mol. The van der Waals surface area contributed by atoms with Crippen LogP contribution >= 0.6 is 0 Å². The molecule has 0 N–H and O–H groups in total. The Kier molecular flexibility index (Phi) is 3.60. The zero-order chi connectivity index (χ0) is 14.7. The molecular formula is C17H14O4. The van der Waals surface area contributed by atoms with Crippen molar-refractivity contribution in [1.82, 2.24) is 0 Å². The molecule has 0 spiro atoms. The molecule has 1 aliphatic rings. The molecule has 2 aromatic rings. The predicted octanol–water partition coefficient (Wildman–Crippen LogP) is 3.13. The molecule has 0 atom stereocenters. The highest BCUT2D eigenvalue weighted by molar-refractivity contribution is 6.21. The summed E-state index contributed by atoms with van der Waals surface area (Å²) >= 11 is 0. The summed E-state index contributed by atoms with van der Waals surface area (Å²) in [6.07, 6.45) is 1.78. The van der Waals surface area contributed by atoms with Crippen LogP contribution in [0.4, 0.5) is 0 Å². The van der Waals surface area contributed by atoms with Crippen LogP contribution in [0.3, 0.4) is 0 Å². The van der Waals surface area contributed by atoms with E-state index < -0.39 is 0 Å². The van der Waals surface area contributed by atoms with E-state index in [1.165, 1.54) is 7.11 Å². The van der Waals surface area contributed by atoms with E-state index in [9.17, 15) is 4.79 Å². The van der Waals surface area contributed by atoms with Gasteiger partial charge in [-0.2, -0.15) is 0 Å². The molecule has 4 heteroatoms. The van der Waals surface area contributed by atoms with Crippen molar-refractivity contribution in [3.8, 4) is 11.5 Å². The van der Waals surface area contributed by atoms with Gasteiger partial charge in [0, 0.05) is 0 Å². The lowest BCUT2D eigenvalue weighted by Gasteiger charge is -2.06. The third-order valence-electron chi connectivity index (χ3n) is 3.20. The number of rotatable bonds is 3. The maximum Gasteiger partial charge on any atom is 0.338 e. The fraction of sp³-hybridized carbons (Fsp3) is 0.118. The normalized spacial score (nSPS) is 13.1. The lowest BCUT2D eigenvalue weighted by molar-refractivity contribution is -0.133. The quantitative estimate of drug-likeness (QED) is 0.493. The lowest BCUT2D eigenvalue weighted by atomic mass is 10.0. The van der Waals surface area contributed by atoms with Crippen LogP contribution in [0.25, 0.3) is 11.6 Å². The summed E-state index contributed by atoms with van der Waals surface area (Å²) in [6.45, 7) is 0.227. The summed E-state index contributed by atoms with van der Waals surface area (Å²) in [7, 11) is 1.37. The number of methoxy groups -OCH3 is 1. The zero-order valence-electron chi connectivity index (χ0n) is 11.5. The topological polar surface area (TPSA) is 44.8 Å². The minimum Gasteiger partial charge on any atom is -0.465 e. The number of ether oxygens (including phenoxy) is 3. The SMILES string of the molecule is COC(=O)/C(=C/c1ccc2c(c1)OCO2)c1ccccc1. The fourth-order valence-electron chi connectivity index (χ4n) is 2.16. The lowest BCUT2D eigenvalue weighted by Crippen LogP contribution is -2.03. The highest BCUT2D eigenvalue weighted by Gasteiger charge is 2.15. The molecule has 21 heavy (non-hydrogen) atoms. The number of hydrogen-bond donors (Lipinski definition) is 0. The van der Waals surface area contributed by atoms with E-state index >= 15 is 0 Å². The van der Waals surface area contributed by atoms with Crippen LogP contribution in [0, 0.1) is 0 Å². The fourth-order valence-corrected chi connectivity index (χ4v) is 2.16. The number of carbonyl (C=O) groups excluding carboxylic acids is 1. The van der Waals surface area contributed by atoms with Crippen molar-refractivity contribution in [2.45, 2.75) is 0 Å². The first-order valence-corrected chi connectivity index (χ1v) is 6.53. The van der Waals surface area contributed by atoms with E-state index in [0.29, 0.717) is 17.1 Å². The highest BCUT2D eigenvalue weighted by atomic mass is 16.7. The van der Waals surface area contributed by atoms with Crippen molar-refractivity contribution in [2.75, 3.05) is 13.9 Å². The first kappa shape index (κ1) is 13.2. The van der Waals surface area contributed by atoms with Crippen molar-refractivity contribution < 1.29 is 19.0 Å². The maximum absolute atomic E-state index is 12.0. The molecule has 3 rings (SSSR count). The highest BCUT2D eigenvalue weighted by Crippen LogP contribution is 2.33. The molecule has 0 unspecified atom stereocenters. The van der Waals surface area contributed by atoms with E-state index in [-0.39, 0.29) is 12.8 Å². The average Bonchev–Trinajstić information content (AvgIpc) is 3.00. The molecule has 1 heterocycles. The molecule has 0 bridgehead atoms. The second kappa shape index (κ2) is 5.71. The van der Waals surface area contributed by atoms with Crippen LogP contribution < -0.4 is 9.47 Å². The Morgan fingerprint density at radius 3 is 2.62 bits per heavy atom. The second-order valence-corrected chi connectivity index (χ2v) is 4.53. The van der Waals surface area contributed by atoms with Crippen molar-refractivity contribution in [1.29, 1.82) is 0 Å². The summed E-state index contributed by atoms with van der Waals surface area (Å²) in [6, 6.07) is 14.9. The van der Waals surface area contributed by atoms with E-state index in [0.717, 1.165) is 11.1 Å². The smallest absolute Gasteiger partial charge is 0.338 e. The first-order valence-electron chi connectivity index (χ1n) is 6.53. The number of fused-ring (bicyclic) bond motifs is 1. The van der Waals surface area contributed by atoms with Gasteiger partial charge in [0.1, 0.15) is 0 Å². The van der Waals surface area contributed by atoms with Gasteiger partial charge in [-0.05, 0) is 29.3 Å². The Balaban J connectivity index is 2.02. The van der Waals surface area contributed by atoms with Gasteiger partial charge in [0.05, 0.1) is 12.7 Å². The summed E-state index contributed by atoms with van der Waals surface area (Å²) in [5.41, 5.74) is 2.16. The molecule has 4 nitrogen and oxygen atoms in total.